The van der Waals surface area contributed by atoms with E-state index in [0.717, 1.165) is 31.7 Å². The summed E-state index contributed by atoms with van der Waals surface area (Å²) in [6.45, 7) is 1.24. The van der Waals surface area contributed by atoms with Crippen molar-refractivity contribution in [2.24, 2.45) is 4.99 Å². The number of hydrogen-bond donors (Lipinski definition) is 0. The summed E-state index contributed by atoms with van der Waals surface area (Å²) < 4.78 is 49.8. The van der Waals surface area contributed by atoms with Crippen molar-refractivity contribution in [2.45, 2.75) is 31.9 Å². The predicted molar refractivity (Wildman–Crippen MR) is 119 cm³/mol. The molecule has 1 aliphatic heterocycles. The van der Waals surface area contributed by atoms with Crippen molar-refractivity contribution in [2.75, 3.05) is 27.2 Å². The molecule has 1 aromatic carbocycles. The zero-order valence-corrected chi connectivity index (χ0v) is 19.0. The molecule has 10 heteroatoms. The number of rotatable bonds is 10. The van der Waals surface area contributed by atoms with Crippen LogP contribution in [0.15, 0.2) is 64.0 Å². The average Bonchev–Trinajstić information content (AvgIpc) is 3.45. The SMILES string of the molecule is CN(/C=C1\N=C(c2ccccc2C(F)(F)F)OC1=O)CCCCCCN(C)C(=O)c1ccco1. The van der Waals surface area contributed by atoms with Gasteiger partial charge < -0.3 is 19.0 Å². The molecular weight excluding hydrogens is 451 g/mol. The number of halogens is 3. The number of nitrogens with zero attached hydrogens (tertiary/aromatic N) is 3. The summed E-state index contributed by atoms with van der Waals surface area (Å²) in [5.41, 5.74) is -1.23. The van der Waals surface area contributed by atoms with Gasteiger partial charge in [-0.15, -0.1) is 0 Å². The Hall–Kier alpha value is -3.56. The third-order valence-corrected chi connectivity index (χ3v) is 5.26. The molecule has 7 nitrogen and oxygen atoms in total. The number of furan rings is 1. The maximum atomic E-state index is 13.2. The van der Waals surface area contributed by atoms with E-state index in [4.69, 9.17) is 9.15 Å². The molecule has 1 aromatic heterocycles. The van der Waals surface area contributed by atoms with Crippen LogP contribution >= 0.6 is 0 Å². The summed E-state index contributed by atoms with van der Waals surface area (Å²) in [5, 5.41) is 0. The highest BCUT2D eigenvalue weighted by Gasteiger charge is 2.37. The Balaban J connectivity index is 1.45. The number of esters is 1. The van der Waals surface area contributed by atoms with Crippen molar-refractivity contribution in [1.82, 2.24) is 9.80 Å². The summed E-state index contributed by atoms with van der Waals surface area (Å²) in [6, 6.07) is 8.14. The van der Waals surface area contributed by atoms with Crippen LogP contribution in [-0.2, 0) is 15.7 Å². The fraction of sp³-hybridized carbons (Fsp3) is 0.375. The van der Waals surface area contributed by atoms with Crippen LogP contribution in [-0.4, -0.2) is 54.8 Å². The first-order valence-corrected chi connectivity index (χ1v) is 10.9. The van der Waals surface area contributed by atoms with Crippen LogP contribution in [0, 0.1) is 0 Å². The van der Waals surface area contributed by atoms with E-state index in [-0.39, 0.29) is 23.1 Å². The highest BCUT2D eigenvalue weighted by Crippen LogP contribution is 2.33. The first-order chi connectivity index (χ1) is 16.2. The number of hydrogen-bond acceptors (Lipinski definition) is 6. The molecule has 0 atom stereocenters. The van der Waals surface area contributed by atoms with Crippen molar-refractivity contribution in [3.8, 4) is 0 Å². The second kappa shape index (κ2) is 11.0. The molecule has 34 heavy (non-hydrogen) atoms. The number of benzene rings is 1. The summed E-state index contributed by atoms with van der Waals surface area (Å²) in [5.74, 6) is -0.984. The van der Waals surface area contributed by atoms with Gasteiger partial charge in [-0.1, -0.05) is 25.0 Å². The van der Waals surface area contributed by atoms with E-state index < -0.39 is 17.7 Å². The van der Waals surface area contributed by atoms with E-state index in [9.17, 15) is 22.8 Å². The van der Waals surface area contributed by atoms with E-state index in [1.165, 1.54) is 30.7 Å². The van der Waals surface area contributed by atoms with Crippen LogP contribution < -0.4 is 0 Å². The average molecular weight is 477 g/mol. The quantitative estimate of drug-likeness (QED) is 0.282. The van der Waals surface area contributed by atoms with Crippen molar-refractivity contribution < 1.29 is 31.9 Å². The molecule has 1 aliphatic rings. The Bertz CT molecular complexity index is 1060. The first kappa shape index (κ1) is 25.1. The molecule has 1 amide bonds. The number of aliphatic imine (C=N–C) groups is 1. The summed E-state index contributed by atoms with van der Waals surface area (Å²) in [6.07, 6.45) is 1.85. The van der Waals surface area contributed by atoms with Gasteiger partial charge in [-0.3, -0.25) is 4.79 Å². The van der Waals surface area contributed by atoms with Gasteiger partial charge in [0.05, 0.1) is 11.8 Å². The summed E-state index contributed by atoms with van der Waals surface area (Å²) in [4.78, 5) is 31.6. The number of cyclic esters (lactones) is 1. The van der Waals surface area contributed by atoms with Crippen LogP contribution in [0.3, 0.4) is 0 Å². The van der Waals surface area contributed by atoms with Crippen LogP contribution in [0.1, 0.15) is 47.4 Å². The van der Waals surface area contributed by atoms with Gasteiger partial charge >= 0.3 is 12.1 Å². The number of amides is 1. The molecule has 0 spiro atoms. The van der Waals surface area contributed by atoms with Crippen molar-refractivity contribution in [1.29, 1.82) is 0 Å². The van der Waals surface area contributed by atoms with E-state index >= 15 is 0 Å². The highest BCUT2D eigenvalue weighted by atomic mass is 19.4. The van der Waals surface area contributed by atoms with Crippen LogP contribution in [0.4, 0.5) is 13.2 Å². The second-order valence-corrected chi connectivity index (χ2v) is 7.96. The standard InChI is InChI=1S/C24H26F3N3O4/c1-29(13-7-3-4-8-14-30(2)22(31)20-12-9-15-33-20)16-19-23(32)34-21(28-19)17-10-5-6-11-18(17)24(25,26)27/h5-6,9-12,15-16H,3-4,7-8,13-14H2,1-2H3/b19-16-. The minimum absolute atomic E-state index is 0.0486. The molecule has 0 N–H and O–H groups in total. The maximum Gasteiger partial charge on any atom is 0.417 e. The van der Waals surface area contributed by atoms with Crippen LogP contribution in [0.2, 0.25) is 0 Å². The fourth-order valence-electron chi connectivity index (χ4n) is 3.46. The normalized spacial score (nSPS) is 14.8. The minimum atomic E-state index is -4.59. The smallest absolute Gasteiger partial charge is 0.417 e. The van der Waals surface area contributed by atoms with Gasteiger partial charge in [0.25, 0.3) is 5.91 Å². The summed E-state index contributed by atoms with van der Waals surface area (Å²) in [7, 11) is 3.49. The molecule has 0 aliphatic carbocycles. The number of carbonyl (C=O) groups excluding carboxylic acids is 2. The minimum Gasteiger partial charge on any atom is -0.459 e. The zero-order chi connectivity index (χ0) is 24.7. The first-order valence-electron chi connectivity index (χ1n) is 10.9. The lowest BCUT2D eigenvalue weighted by Gasteiger charge is -2.16. The lowest BCUT2D eigenvalue weighted by molar-refractivity contribution is -0.138. The van der Waals surface area contributed by atoms with Gasteiger partial charge in [0.1, 0.15) is 0 Å². The Morgan fingerprint density at radius 3 is 2.41 bits per heavy atom. The third-order valence-electron chi connectivity index (χ3n) is 5.26. The van der Waals surface area contributed by atoms with Gasteiger partial charge in [-0.25, -0.2) is 9.79 Å². The molecule has 0 unspecified atom stereocenters. The topological polar surface area (TPSA) is 75.3 Å². The molecule has 0 fully saturated rings. The number of carbonyl (C=O) groups is 2. The molecule has 182 valence electrons. The lowest BCUT2D eigenvalue weighted by atomic mass is 10.1. The van der Waals surface area contributed by atoms with Gasteiger partial charge in [-0.05, 0) is 37.1 Å². The largest absolute Gasteiger partial charge is 0.459 e. The fourth-order valence-corrected chi connectivity index (χ4v) is 3.46. The molecule has 3 rings (SSSR count). The van der Waals surface area contributed by atoms with Gasteiger partial charge in [-0.2, -0.15) is 13.2 Å². The Kier molecular flexibility index (Phi) is 8.14. The number of ether oxygens (including phenoxy) is 1. The van der Waals surface area contributed by atoms with Gasteiger partial charge in [0, 0.05) is 38.9 Å². The lowest BCUT2D eigenvalue weighted by Crippen LogP contribution is -2.27. The zero-order valence-electron chi connectivity index (χ0n) is 19.0. The van der Waals surface area contributed by atoms with Crippen molar-refractivity contribution in [3.63, 3.8) is 0 Å². The predicted octanol–water partition coefficient (Wildman–Crippen LogP) is 4.71. The number of alkyl halides is 3. The number of unbranched alkanes of at least 4 members (excludes halogenated alkanes) is 3. The Morgan fingerprint density at radius 2 is 1.74 bits per heavy atom. The van der Waals surface area contributed by atoms with Crippen LogP contribution in [0.25, 0.3) is 0 Å². The molecule has 0 saturated carbocycles. The van der Waals surface area contributed by atoms with E-state index in [2.05, 4.69) is 4.99 Å². The maximum absolute atomic E-state index is 13.2. The molecule has 2 aromatic rings. The molecule has 0 radical (unpaired) electrons. The molecular formula is C24H26F3N3O4. The molecule has 0 saturated heterocycles. The monoisotopic (exact) mass is 477 g/mol. The Labute approximate surface area is 195 Å². The van der Waals surface area contributed by atoms with E-state index in [1.807, 2.05) is 0 Å². The van der Waals surface area contributed by atoms with Gasteiger partial charge in [0.15, 0.2) is 11.5 Å². The van der Waals surface area contributed by atoms with Crippen LogP contribution in [0.5, 0.6) is 0 Å². The third kappa shape index (κ3) is 6.49. The summed E-state index contributed by atoms with van der Waals surface area (Å²) >= 11 is 0. The molecule has 2 heterocycles. The van der Waals surface area contributed by atoms with E-state index in [1.54, 1.807) is 36.0 Å². The van der Waals surface area contributed by atoms with Crippen molar-refractivity contribution >= 4 is 17.8 Å². The Morgan fingerprint density at radius 1 is 1.03 bits per heavy atom. The van der Waals surface area contributed by atoms with E-state index in [0.29, 0.717) is 18.8 Å². The highest BCUT2D eigenvalue weighted by molar-refractivity contribution is 6.11. The molecule has 0 bridgehead atoms. The van der Waals surface area contributed by atoms with Crippen molar-refractivity contribution in [3.05, 3.63) is 71.4 Å². The second-order valence-electron chi connectivity index (χ2n) is 7.96. The van der Waals surface area contributed by atoms with Gasteiger partial charge in [0.2, 0.25) is 5.90 Å².